The fourth-order valence-electron chi connectivity index (χ4n) is 1.84. The summed E-state index contributed by atoms with van der Waals surface area (Å²) in [5.74, 6) is 0.173. The molecule has 1 unspecified atom stereocenters. The smallest absolute Gasteiger partial charge is 0.140 e. The van der Waals surface area contributed by atoms with E-state index in [-0.39, 0.29) is 11.7 Å². The van der Waals surface area contributed by atoms with Crippen molar-refractivity contribution in [3.05, 3.63) is 33.8 Å². The van der Waals surface area contributed by atoms with E-state index in [4.69, 9.17) is 27.9 Å². The fraction of sp³-hybridized carbons (Fsp3) is 0.417. The van der Waals surface area contributed by atoms with Gasteiger partial charge in [0.1, 0.15) is 5.78 Å². The van der Waals surface area contributed by atoms with E-state index in [1.54, 1.807) is 6.07 Å². The van der Waals surface area contributed by atoms with Gasteiger partial charge in [0.2, 0.25) is 0 Å². The second-order valence-corrected chi connectivity index (χ2v) is 4.69. The highest BCUT2D eigenvalue weighted by Crippen LogP contribution is 2.28. The van der Waals surface area contributed by atoms with Crippen LogP contribution in [0.4, 0.5) is 0 Å². The van der Waals surface area contributed by atoms with Gasteiger partial charge in [-0.05, 0) is 18.1 Å². The number of rotatable bonds is 2. The lowest BCUT2D eigenvalue weighted by Crippen LogP contribution is -2.29. The molecule has 1 heterocycles. The van der Waals surface area contributed by atoms with Crippen molar-refractivity contribution in [1.29, 1.82) is 0 Å². The molecular formula is C12H12Cl2O2. The van der Waals surface area contributed by atoms with Crippen LogP contribution < -0.4 is 0 Å². The Labute approximate surface area is 104 Å². The molecule has 0 spiro atoms. The first-order chi connectivity index (χ1) is 7.68. The number of Topliss-reactive ketones (excluding diaryl/α,β-unsaturated/α-hetero) is 1. The van der Waals surface area contributed by atoms with E-state index in [0.29, 0.717) is 36.1 Å². The lowest BCUT2D eigenvalue weighted by Gasteiger charge is -2.21. The van der Waals surface area contributed by atoms with Gasteiger partial charge >= 0.3 is 0 Å². The number of hydrogen-bond donors (Lipinski definition) is 0. The number of ketones is 1. The van der Waals surface area contributed by atoms with Crippen molar-refractivity contribution in [1.82, 2.24) is 0 Å². The van der Waals surface area contributed by atoms with Crippen LogP contribution in [-0.4, -0.2) is 19.0 Å². The van der Waals surface area contributed by atoms with Crippen LogP contribution >= 0.6 is 23.2 Å². The van der Waals surface area contributed by atoms with Crippen molar-refractivity contribution in [3.63, 3.8) is 0 Å². The Hall–Kier alpha value is -0.570. The number of benzene rings is 1. The molecule has 1 fully saturated rings. The van der Waals surface area contributed by atoms with E-state index in [2.05, 4.69) is 0 Å². The summed E-state index contributed by atoms with van der Waals surface area (Å²) in [5, 5.41) is 1.07. The lowest BCUT2D eigenvalue weighted by molar-refractivity contribution is -0.130. The average molecular weight is 259 g/mol. The Balaban J connectivity index is 2.14. The molecule has 1 aromatic carbocycles. The molecule has 0 N–H and O–H groups in total. The van der Waals surface area contributed by atoms with E-state index in [1.807, 2.05) is 12.1 Å². The van der Waals surface area contributed by atoms with Crippen LogP contribution in [0.3, 0.4) is 0 Å². The van der Waals surface area contributed by atoms with Gasteiger partial charge in [-0.25, -0.2) is 0 Å². The number of halogens is 2. The Kier molecular flexibility index (Phi) is 3.85. The maximum atomic E-state index is 11.6. The molecule has 4 heteroatoms. The van der Waals surface area contributed by atoms with Crippen LogP contribution in [0.15, 0.2) is 18.2 Å². The minimum atomic E-state index is -0.0790. The van der Waals surface area contributed by atoms with Gasteiger partial charge < -0.3 is 4.74 Å². The molecular weight excluding hydrogens is 247 g/mol. The van der Waals surface area contributed by atoms with Crippen molar-refractivity contribution in [2.45, 2.75) is 12.8 Å². The number of hydrogen-bond acceptors (Lipinski definition) is 2. The zero-order valence-corrected chi connectivity index (χ0v) is 10.2. The molecule has 2 rings (SSSR count). The molecule has 16 heavy (non-hydrogen) atoms. The van der Waals surface area contributed by atoms with Crippen molar-refractivity contribution in [3.8, 4) is 0 Å². The minimum absolute atomic E-state index is 0.0790. The van der Waals surface area contributed by atoms with Crippen LogP contribution in [0.1, 0.15) is 12.0 Å². The maximum absolute atomic E-state index is 11.6. The number of carbonyl (C=O) groups excluding carboxylic acids is 1. The highest BCUT2D eigenvalue weighted by molar-refractivity contribution is 6.42. The van der Waals surface area contributed by atoms with Gasteiger partial charge in [0.15, 0.2) is 0 Å². The largest absolute Gasteiger partial charge is 0.380 e. The van der Waals surface area contributed by atoms with E-state index in [1.165, 1.54) is 0 Å². The van der Waals surface area contributed by atoms with Crippen molar-refractivity contribution < 1.29 is 9.53 Å². The molecule has 1 atom stereocenters. The first kappa shape index (κ1) is 11.9. The summed E-state index contributed by atoms with van der Waals surface area (Å²) in [6.45, 7) is 1.03. The first-order valence-electron chi connectivity index (χ1n) is 5.22. The van der Waals surface area contributed by atoms with Crippen LogP contribution in [0.5, 0.6) is 0 Å². The van der Waals surface area contributed by atoms with Crippen LogP contribution in [0.2, 0.25) is 10.0 Å². The molecule has 1 aromatic rings. The normalized spacial score (nSPS) is 21.1. The average Bonchev–Trinajstić information content (AvgIpc) is 2.28. The highest BCUT2D eigenvalue weighted by Gasteiger charge is 2.24. The maximum Gasteiger partial charge on any atom is 0.140 e. The third kappa shape index (κ3) is 2.57. The quantitative estimate of drug-likeness (QED) is 0.815. The molecule has 0 saturated carbocycles. The van der Waals surface area contributed by atoms with E-state index >= 15 is 0 Å². The lowest BCUT2D eigenvalue weighted by atomic mass is 9.93. The zero-order chi connectivity index (χ0) is 11.5. The van der Waals surface area contributed by atoms with Gasteiger partial charge in [-0.15, -0.1) is 0 Å². The van der Waals surface area contributed by atoms with Crippen molar-refractivity contribution in [2.75, 3.05) is 13.2 Å². The molecule has 2 nitrogen and oxygen atoms in total. The van der Waals surface area contributed by atoms with E-state index in [9.17, 15) is 4.79 Å². The molecule has 1 aliphatic rings. The zero-order valence-electron chi connectivity index (χ0n) is 8.71. The molecule has 0 amide bonds. The summed E-state index contributed by atoms with van der Waals surface area (Å²) in [4.78, 5) is 11.6. The second-order valence-electron chi connectivity index (χ2n) is 3.91. The van der Waals surface area contributed by atoms with Crippen molar-refractivity contribution in [2.24, 2.45) is 5.92 Å². The Bertz CT molecular complexity index is 404. The Morgan fingerprint density at radius 2 is 2.19 bits per heavy atom. The third-order valence-corrected chi connectivity index (χ3v) is 3.62. The molecule has 0 aromatic heterocycles. The van der Waals surface area contributed by atoms with Gasteiger partial charge in [-0.1, -0.05) is 35.3 Å². The highest BCUT2D eigenvalue weighted by atomic mass is 35.5. The molecule has 0 radical (unpaired) electrons. The predicted octanol–water partition coefficient (Wildman–Crippen LogP) is 3.14. The SMILES string of the molecule is O=C1CCOCC1Cc1cccc(Cl)c1Cl. The molecule has 0 aliphatic carbocycles. The summed E-state index contributed by atoms with van der Waals surface area (Å²) >= 11 is 12.0. The molecule has 0 bridgehead atoms. The second kappa shape index (κ2) is 5.17. The molecule has 1 aliphatic heterocycles. The van der Waals surface area contributed by atoms with E-state index in [0.717, 1.165) is 5.56 Å². The first-order valence-corrected chi connectivity index (χ1v) is 5.97. The summed E-state index contributed by atoms with van der Waals surface area (Å²) in [6, 6.07) is 5.49. The van der Waals surface area contributed by atoms with E-state index < -0.39 is 0 Å². The number of carbonyl (C=O) groups is 1. The van der Waals surface area contributed by atoms with Gasteiger partial charge in [0, 0.05) is 12.3 Å². The third-order valence-electron chi connectivity index (χ3n) is 2.77. The van der Waals surface area contributed by atoms with Gasteiger partial charge in [0.25, 0.3) is 0 Å². The van der Waals surface area contributed by atoms with Crippen LogP contribution in [-0.2, 0) is 16.0 Å². The minimum Gasteiger partial charge on any atom is -0.380 e. The monoisotopic (exact) mass is 258 g/mol. The Morgan fingerprint density at radius 3 is 2.94 bits per heavy atom. The summed E-state index contributed by atoms with van der Waals surface area (Å²) in [7, 11) is 0. The van der Waals surface area contributed by atoms with Crippen molar-refractivity contribution >= 4 is 29.0 Å². The van der Waals surface area contributed by atoms with Gasteiger partial charge in [-0.2, -0.15) is 0 Å². The number of ether oxygens (including phenoxy) is 1. The van der Waals surface area contributed by atoms with Crippen LogP contribution in [0, 0.1) is 5.92 Å². The Morgan fingerprint density at radius 1 is 1.38 bits per heavy atom. The van der Waals surface area contributed by atoms with Gasteiger partial charge in [-0.3, -0.25) is 4.79 Å². The standard InChI is InChI=1S/C12H12Cl2O2/c13-10-3-1-2-8(12(10)14)6-9-7-16-5-4-11(9)15/h1-3,9H,4-7H2. The molecule has 86 valence electrons. The summed E-state index contributed by atoms with van der Waals surface area (Å²) in [6.07, 6.45) is 1.11. The molecule has 1 saturated heterocycles. The topological polar surface area (TPSA) is 26.3 Å². The predicted molar refractivity (Wildman–Crippen MR) is 64.1 cm³/mol. The fourth-order valence-corrected chi connectivity index (χ4v) is 2.24. The van der Waals surface area contributed by atoms with Gasteiger partial charge in [0.05, 0.1) is 23.3 Å². The summed E-state index contributed by atoms with van der Waals surface area (Å²) < 4.78 is 5.30. The van der Waals surface area contributed by atoms with Crippen LogP contribution in [0.25, 0.3) is 0 Å². The summed E-state index contributed by atoms with van der Waals surface area (Å²) in [5.41, 5.74) is 0.915.